The van der Waals surface area contributed by atoms with E-state index in [9.17, 15) is 4.79 Å². The minimum absolute atomic E-state index is 0.106. The molecule has 8 nitrogen and oxygen atoms in total. The Kier molecular flexibility index (Phi) is 4.95. The van der Waals surface area contributed by atoms with Gasteiger partial charge in [-0.15, -0.1) is 10.2 Å². The van der Waals surface area contributed by atoms with E-state index in [2.05, 4.69) is 15.3 Å². The zero-order chi connectivity index (χ0) is 21.4. The number of thioether (sulfide) groups is 1. The number of methoxy groups -OCH3 is 1. The largest absolute Gasteiger partial charge is 0.496 e. The van der Waals surface area contributed by atoms with E-state index in [0.717, 1.165) is 27.5 Å². The first-order valence-electron chi connectivity index (χ1n) is 9.74. The summed E-state index contributed by atoms with van der Waals surface area (Å²) < 4.78 is 10.9. The van der Waals surface area contributed by atoms with Crippen molar-refractivity contribution in [1.82, 2.24) is 28.9 Å². The predicted molar refractivity (Wildman–Crippen MR) is 120 cm³/mol. The first-order valence-corrected chi connectivity index (χ1v) is 10.7. The summed E-state index contributed by atoms with van der Waals surface area (Å²) in [6, 6.07) is 15.2. The van der Waals surface area contributed by atoms with Crippen LogP contribution in [0.2, 0.25) is 0 Å². The highest BCUT2D eigenvalue weighted by Gasteiger charge is 2.18. The summed E-state index contributed by atoms with van der Waals surface area (Å²) in [7, 11) is 3.52. The predicted octanol–water partition coefficient (Wildman–Crippen LogP) is 3.13. The maximum Gasteiger partial charge on any atom is 0.263 e. The SMILES string of the molecule is COc1ccccc1Cn1c(=O)c2ccccc2n2c(SCc3cnn(C)c3)nnc12. The number of benzene rings is 2. The fourth-order valence-corrected chi connectivity index (χ4v) is 4.52. The van der Waals surface area contributed by atoms with Crippen molar-refractivity contribution in [3.05, 3.63) is 82.4 Å². The summed E-state index contributed by atoms with van der Waals surface area (Å²) >= 11 is 1.56. The number of fused-ring (bicyclic) bond motifs is 3. The van der Waals surface area contributed by atoms with E-state index in [1.807, 2.05) is 72.4 Å². The second-order valence-corrected chi connectivity index (χ2v) is 8.09. The first kappa shape index (κ1) is 19.4. The molecule has 5 aromatic rings. The Labute approximate surface area is 182 Å². The number of nitrogens with zero attached hydrogens (tertiary/aromatic N) is 6. The van der Waals surface area contributed by atoms with E-state index in [-0.39, 0.29) is 5.56 Å². The molecule has 9 heteroatoms. The highest BCUT2D eigenvalue weighted by atomic mass is 32.2. The molecule has 0 bridgehead atoms. The fraction of sp³-hybridized carbons (Fsp3) is 0.182. The van der Waals surface area contributed by atoms with Gasteiger partial charge in [-0.3, -0.25) is 18.4 Å². The Balaban J connectivity index is 1.66. The van der Waals surface area contributed by atoms with Gasteiger partial charge in [-0.2, -0.15) is 5.10 Å². The lowest BCUT2D eigenvalue weighted by molar-refractivity contribution is 0.408. The van der Waals surface area contributed by atoms with Crippen molar-refractivity contribution in [3.63, 3.8) is 0 Å². The lowest BCUT2D eigenvalue weighted by Gasteiger charge is -2.13. The normalized spacial score (nSPS) is 11.4. The molecule has 156 valence electrons. The molecule has 0 amide bonds. The van der Waals surface area contributed by atoms with Gasteiger partial charge in [0.05, 0.1) is 30.8 Å². The average molecular weight is 433 g/mol. The molecular formula is C22H20N6O2S. The second-order valence-electron chi connectivity index (χ2n) is 7.15. The molecule has 0 spiro atoms. The van der Waals surface area contributed by atoms with Crippen molar-refractivity contribution >= 4 is 28.4 Å². The lowest BCUT2D eigenvalue weighted by Crippen LogP contribution is -2.24. The van der Waals surface area contributed by atoms with Crippen LogP contribution in [-0.4, -0.2) is 36.1 Å². The zero-order valence-corrected chi connectivity index (χ0v) is 17.9. The highest BCUT2D eigenvalue weighted by Crippen LogP contribution is 2.25. The number of hydrogen-bond acceptors (Lipinski definition) is 6. The van der Waals surface area contributed by atoms with Gasteiger partial charge < -0.3 is 4.74 Å². The molecule has 3 aromatic heterocycles. The third-order valence-electron chi connectivity index (χ3n) is 5.13. The Morgan fingerprint density at radius 3 is 2.68 bits per heavy atom. The van der Waals surface area contributed by atoms with E-state index >= 15 is 0 Å². The van der Waals surface area contributed by atoms with Crippen LogP contribution < -0.4 is 10.3 Å². The number of rotatable bonds is 6. The molecule has 0 unspecified atom stereocenters. The molecule has 0 atom stereocenters. The Hall–Kier alpha value is -3.59. The van der Waals surface area contributed by atoms with Crippen molar-refractivity contribution in [2.75, 3.05) is 7.11 Å². The van der Waals surface area contributed by atoms with Gasteiger partial charge in [-0.25, -0.2) is 0 Å². The number of aryl methyl sites for hydroxylation is 1. The van der Waals surface area contributed by atoms with E-state index in [1.165, 1.54) is 0 Å². The lowest BCUT2D eigenvalue weighted by atomic mass is 10.2. The summed E-state index contributed by atoms with van der Waals surface area (Å²) in [5, 5.41) is 14.4. The second kappa shape index (κ2) is 7.92. The van der Waals surface area contributed by atoms with Crippen LogP contribution in [0.3, 0.4) is 0 Å². The van der Waals surface area contributed by atoms with E-state index in [4.69, 9.17) is 4.74 Å². The monoisotopic (exact) mass is 432 g/mol. The standard InChI is InChI=1S/C22H20N6O2S/c1-26-12-15(11-23-26)14-31-22-25-24-21-27(13-16-7-3-6-10-19(16)30-2)20(29)17-8-4-5-9-18(17)28(21)22/h3-12H,13-14H2,1-2H3. The third kappa shape index (κ3) is 3.46. The molecule has 31 heavy (non-hydrogen) atoms. The average Bonchev–Trinajstić information content (AvgIpc) is 3.41. The van der Waals surface area contributed by atoms with Crippen LogP contribution in [0.15, 0.2) is 70.9 Å². The molecule has 0 aliphatic carbocycles. The number of para-hydroxylation sites is 2. The van der Waals surface area contributed by atoms with E-state index < -0.39 is 0 Å². The molecule has 0 radical (unpaired) electrons. The third-order valence-corrected chi connectivity index (χ3v) is 6.13. The van der Waals surface area contributed by atoms with Crippen LogP contribution >= 0.6 is 11.8 Å². The van der Waals surface area contributed by atoms with Gasteiger partial charge in [-0.1, -0.05) is 42.1 Å². The van der Waals surface area contributed by atoms with Gasteiger partial charge in [0.2, 0.25) is 5.78 Å². The van der Waals surface area contributed by atoms with Crippen molar-refractivity contribution in [2.24, 2.45) is 7.05 Å². The fourth-order valence-electron chi connectivity index (χ4n) is 3.67. The highest BCUT2D eigenvalue weighted by molar-refractivity contribution is 7.98. The smallest absolute Gasteiger partial charge is 0.263 e. The first-order chi connectivity index (χ1) is 15.2. The van der Waals surface area contributed by atoms with Crippen LogP contribution in [-0.2, 0) is 19.3 Å². The maximum atomic E-state index is 13.4. The Morgan fingerprint density at radius 1 is 1.06 bits per heavy atom. The molecule has 0 fully saturated rings. The van der Waals surface area contributed by atoms with E-state index in [1.54, 1.807) is 28.1 Å². The molecule has 0 aliphatic rings. The van der Waals surface area contributed by atoms with Crippen LogP contribution in [0.5, 0.6) is 5.75 Å². The number of ether oxygens (including phenoxy) is 1. The summed E-state index contributed by atoms with van der Waals surface area (Å²) in [5.74, 6) is 1.93. The van der Waals surface area contributed by atoms with Gasteiger partial charge in [0, 0.05) is 30.1 Å². The number of aromatic nitrogens is 6. The van der Waals surface area contributed by atoms with Crippen LogP contribution in [0.4, 0.5) is 0 Å². The molecule has 0 aliphatic heterocycles. The molecule has 5 rings (SSSR count). The van der Waals surface area contributed by atoms with Gasteiger partial charge in [0.15, 0.2) is 5.16 Å². The molecule has 2 aromatic carbocycles. The Morgan fingerprint density at radius 2 is 1.87 bits per heavy atom. The molecule has 0 saturated carbocycles. The molecular weight excluding hydrogens is 412 g/mol. The summed E-state index contributed by atoms with van der Waals surface area (Å²) in [4.78, 5) is 13.4. The zero-order valence-electron chi connectivity index (χ0n) is 17.1. The quantitative estimate of drug-likeness (QED) is 0.384. The van der Waals surface area contributed by atoms with Gasteiger partial charge in [0.1, 0.15) is 5.75 Å². The summed E-state index contributed by atoms with van der Waals surface area (Å²) in [6.07, 6.45) is 3.82. The van der Waals surface area contributed by atoms with Gasteiger partial charge in [0.25, 0.3) is 5.56 Å². The van der Waals surface area contributed by atoms with Crippen molar-refractivity contribution in [2.45, 2.75) is 17.5 Å². The van der Waals surface area contributed by atoms with Crippen LogP contribution in [0, 0.1) is 0 Å². The van der Waals surface area contributed by atoms with Crippen LogP contribution in [0.25, 0.3) is 16.7 Å². The Bertz CT molecular complexity index is 1450. The van der Waals surface area contributed by atoms with Crippen molar-refractivity contribution < 1.29 is 4.74 Å². The van der Waals surface area contributed by atoms with Gasteiger partial charge in [-0.05, 0) is 18.2 Å². The minimum Gasteiger partial charge on any atom is -0.496 e. The maximum absolute atomic E-state index is 13.4. The molecule has 0 N–H and O–H groups in total. The summed E-state index contributed by atoms with van der Waals surface area (Å²) in [6.45, 7) is 0.336. The number of hydrogen-bond donors (Lipinski definition) is 0. The minimum atomic E-state index is -0.106. The molecule has 3 heterocycles. The summed E-state index contributed by atoms with van der Waals surface area (Å²) in [5.41, 5.74) is 2.68. The van der Waals surface area contributed by atoms with Crippen LogP contribution in [0.1, 0.15) is 11.1 Å². The van der Waals surface area contributed by atoms with Gasteiger partial charge >= 0.3 is 0 Å². The molecule has 0 saturated heterocycles. The van der Waals surface area contributed by atoms with Crippen molar-refractivity contribution in [3.8, 4) is 5.75 Å². The van der Waals surface area contributed by atoms with Crippen molar-refractivity contribution in [1.29, 1.82) is 0 Å². The van der Waals surface area contributed by atoms with E-state index in [0.29, 0.717) is 23.5 Å². The topological polar surface area (TPSA) is 79.2 Å².